The summed E-state index contributed by atoms with van der Waals surface area (Å²) in [5, 5.41) is 3.60. The number of benzene rings is 2. The first-order valence-electron chi connectivity index (χ1n) is 9.58. The molecule has 1 amide bonds. The van der Waals surface area contributed by atoms with Gasteiger partial charge in [-0.1, -0.05) is 30.3 Å². The number of carbonyl (C=O) groups is 2. The van der Waals surface area contributed by atoms with Crippen molar-refractivity contribution in [2.45, 2.75) is 40.4 Å². The maximum Gasteiger partial charge on any atom is 0.375 e. The Balaban J connectivity index is 1.77. The van der Waals surface area contributed by atoms with Crippen LogP contribution in [0, 0.1) is 13.8 Å². The zero-order chi connectivity index (χ0) is 21.0. The second kappa shape index (κ2) is 8.92. The van der Waals surface area contributed by atoms with Crippen molar-refractivity contribution in [2.24, 2.45) is 0 Å². The lowest BCUT2D eigenvalue weighted by atomic mass is 10.1. The van der Waals surface area contributed by atoms with Crippen LogP contribution < -0.4 is 5.32 Å². The summed E-state index contributed by atoms with van der Waals surface area (Å²) in [6, 6.07) is 13.1. The summed E-state index contributed by atoms with van der Waals surface area (Å²) in [5.41, 5.74) is 3.84. The molecule has 0 saturated carbocycles. The highest BCUT2D eigenvalue weighted by atomic mass is 16.6. The first kappa shape index (κ1) is 20.6. The molecule has 2 aromatic carbocycles. The second-order valence-electron chi connectivity index (χ2n) is 6.90. The van der Waals surface area contributed by atoms with E-state index in [2.05, 4.69) is 5.32 Å². The van der Waals surface area contributed by atoms with Gasteiger partial charge in [0.25, 0.3) is 5.91 Å². The molecule has 1 aromatic heterocycles. The predicted molar refractivity (Wildman–Crippen MR) is 111 cm³/mol. The van der Waals surface area contributed by atoms with Crippen LogP contribution in [0.4, 0.5) is 5.69 Å². The number of para-hydroxylation sites is 1. The Labute approximate surface area is 169 Å². The summed E-state index contributed by atoms with van der Waals surface area (Å²) in [6.07, 6.45) is -0.990. The Kier molecular flexibility index (Phi) is 6.34. The van der Waals surface area contributed by atoms with Crippen LogP contribution in [-0.4, -0.2) is 24.6 Å². The van der Waals surface area contributed by atoms with Gasteiger partial charge in [-0.3, -0.25) is 4.79 Å². The molecule has 6 nitrogen and oxygen atoms in total. The zero-order valence-electron chi connectivity index (χ0n) is 17.1. The summed E-state index contributed by atoms with van der Waals surface area (Å²) >= 11 is 0. The number of nitrogens with one attached hydrogen (secondary N) is 1. The van der Waals surface area contributed by atoms with Crippen molar-refractivity contribution in [3.05, 3.63) is 64.9 Å². The van der Waals surface area contributed by atoms with E-state index in [0.29, 0.717) is 23.4 Å². The van der Waals surface area contributed by atoms with Gasteiger partial charge < -0.3 is 19.2 Å². The standard InChI is InChI=1S/C23H25NO5/c1-5-27-13-18-17-8-6-7-9-20(17)29-21(18)23(26)28-16(4)22(25)24-19-12-14(2)10-11-15(19)3/h6-12,16H,5,13H2,1-4H3,(H,24,25)/t16-/m0/s1. The average Bonchev–Trinajstić information content (AvgIpc) is 3.07. The van der Waals surface area contributed by atoms with Crippen LogP contribution in [0.1, 0.15) is 41.1 Å². The Morgan fingerprint density at radius 3 is 2.66 bits per heavy atom. The summed E-state index contributed by atoms with van der Waals surface area (Å²) in [7, 11) is 0. The molecule has 0 aliphatic rings. The molecule has 3 rings (SSSR count). The monoisotopic (exact) mass is 395 g/mol. The number of carbonyl (C=O) groups excluding carboxylic acids is 2. The van der Waals surface area contributed by atoms with Crippen LogP contribution in [-0.2, 0) is 20.9 Å². The molecule has 152 valence electrons. The summed E-state index contributed by atoms with van der Waals surface area (Å²) in [4.78, 5) is 25.3. The van der Waals surface area contributed by atoms with E-state index < -0.39 is 18.0 Å². The molecule has 0 aliphatic heterocycles. The molecule has 3 aromatic rings. The fourth-order valence-electron chi connectivity index (χ4n) is 2.98. The number of hydrogen-bond acceptors (Lipinski definition) is 5. The molecule has 0 saturated heterocycles. The van der Waals surface area contributed by atoms with Crippen LogP contribution in [0.15, 0.2) is 46.9 Å². The van der Waals surface area contributed by atoms with Gasteiger partial charge in [0.05, 0.1) is 6.61 Å². The van der Waals surface area contributed by atoms with Gasteiger partial charge in [-0.25, -0.2) is 4.79 Å². The van der Waals surface area contributed by atoms with Gasteiger partial charge in [-0.05, 0) is 51.0 Å². The highest BCUT2D eigenvalue weighted by Crippen LogP contribution is 2.27. The van der Waals surface area contributed by atoms with Gasteiger partial charge in [0, 0.05) is 23.2 Å². The number of hydrogen-bond donors (Lipinski definition) is 1. The van der Waals surface area contributed by atoms with Crippen molar-refractivity contribution < 1.29 is 23.5 Å². The molecule has 6 heteroatoms. The Hall–Kier alpha value is -3.12. The van der Waals surface area contributed by atoms with Crippen molar-refractivity contribution in [1.82, 2.24) is 0 Å². The van der Waals surface area contributed by atoms with Crippen molar-refractivity contribution in [3.63, 3.8) is 0 Å². The number of anilines is 1. The van der Waals surface area contributed by atoms with Gasteiger partial charge in [-0.15, -0.1) is 0 Å². The maximum atomic E-state index is 12.7. The Bertz CT molecular complexity index is 1040. The molecule has 0 unspecified atom stereocenters. The van der Waals surface area contributed by atoms with E-state index >= 15 is 0 Å². The molecule has 0 aliphatic carbocycles. The number of rotatable bonds is 7. The predicted octanol–water partition coefficient (Wildman–Crippen LogP) is 4.77. The van der Waals surface area contributed by atoms with E-state index in [9.17, 15) is 9.59 Å². The molecule has 0 fully saturated rings. The van der Waals surface area contributed by atoms with E-state index in [1.54, 1.807) is 6.07 Å². The summed E-state index contributed by atoms with van der Waals surface area (Å²) in [6.45, 7) is 7.98. The largest absolute Gasteiger partial charge is 0.449 e. The third-order valence-corrected chi connectivity index (χ3v) is 4.64. The minimum Gasteiger partial charge on any atom is -0.449 e. The smallest absolute Gasteiger partial charge is 0.375 e. The average molecular weight is 395 g/mol. The lowest BCUT2D eigenvalue weighted by molar-refractivity contribution is -0.123. The SMILES string of the molecule is CCOCc1c(C(=O)O[C@@H](C)C(=O)Nc2cc(C)ccc2C)oc2ccccc12. The summed E-state index contributed by atoms with van der Waals surface area (Å²) < 4.78 is 16.6. The van der Waals surface area contributed by atoms with E-state index in [1.807, 2.05) is 57.2 Å². The van der Waals surface area contributed by atoms with Crippen molar-refractivity contribution >= 4 is 28.5 Å². The Morgan fingerprint density at radius 2 is 1.90 bits per heavy atom. The van der Waals surface area contributed by atoms with Crippen molar-refractivity contribution in [3.8, 4) is 0 Å². The second-order valence-corrected chi connectivity index (χ2v) is 6.90. The molecule has 0 spiro atoms. The number of aryl methyl sites for hydroxylation is 2. The van der Waals surface area contributed by atoms with Gasteiger partial charge in [0.15, 0.2) is 6.10 Å². The summed E-state index contributed by atoms with van der Waals surface area (Å²) in [5.74, 6) is -1.04. The van der Waals surface area contributed by atoms with Crippen LogP contribution >= 0.6 is 0 Å². The molecule has 1 N–H and O–H groups in total. The number of fused-ring (bicyclic) bond motifs is 1. The topological polar surface area (TPSA) is 77.8 Å². The van der Waals surface area contributed by atoms with E-state index in [-0.39, 0.29) is 12.4 Å². The minimum absolute atomic E-state index is 0.0611. The maximum absolute atomic E-state index is 12.7. The Morgan fingerprint density at radius 1 is 1.14 bits per heavy atom. The first-order valence-corrected chi connectivity index (χ1v) is 9.58. The van der Waals surface area contributed by atoms with Gasteiger partial charge in [0.2, 0.25) is 5.76 Å². The molecular weight excluding hydrogens is 370 g/mol. The number of furan rings is 1. The van der Waals surface area contributed by atoms with Gasteiger partial charge >= 0.3 is 5.97 Å². The quantitative estimate of drug-likeness (QED) is 0.583. The first-order chi connectivity index (χ1) is 13.9. The third kappa shape index (κ3) is 4.66. The lowest BCUT2D eigenvalue weighted by Crippen LogP contribution is -2.30. The molecule has 0 bridgehead atoms. The highest BCUT2D eigenvalue weighted by molar-refractivity contribution is 5.99. The van der Waals surface area contributed by atoms with Crippen LogP contribution in [0.2, 0.25) is 0 Å². The fraction of sp³-hybridized carbons (Fsp3) is 0.304. The molecule has 0 radical (unpaired) electrons. The van der Waals surface area contributed by atoms with E-state index in [0.717, 1.165) is 16.5 Å². The van der Waals surface area contributed by atoms with Crippen LogP contribution in [0.3, 0.4) is 0 Å². The van der Waals surface area contributed by atoms with Crippen molar-refractivity contribution in [2.75, 3.05) is 11.9 Å². The van der Waals surface area contributed by atoms with Crippen LogP contribution in [0.25, 0.3) is 11.0 Å². The molecule has 1 heterocycles. The number of amides is 1. The van der Waals surface area contributed by atoms with E-state index in [1.165, 1.54) is 6.92 Å². The number of ether oxygens (including phenoxy) is 2. The van der Waals surface area contributed by atoms with Gasteiger partial charge in [-0.2, -0.15) is 0 Å². The third-order valence-electron chi connectivity index (χ3n) is 4.64. The fourth-order valence-corrected chi connectivity index (χ4v) is 2.98. The molecular formula is C23H25NO5. The van der Waals surface area contributed by atoms with E-state index in [4.69, 9.17) is 13.9 Å². The van der Waals surface area contributed by atoms with Crippen molar-refractivity contribution in [1.29, 1.82) is 0 Å². The van der Waals surface area contributed by atoms with Crippen LogP contribution in [0.5, 0.6) is 0 Å². The zero-order valence-corrected chi connectivity index (χ0v) is 17.1. The molecule has 29 heavy (non-hydrogen) atoms. The normalized spacial score (nSPS) is 12.0. The lowest BCUT2D eigenvalue weighted by Gasteiger charge is -2.15. The molecule has 1 atom stereocenters. The minimum atomic E-state index is -0.990. The number of esters is 1. The van der Waals surface area contributed by atoms with Gasteiger partial charge in [0.1, 0.15) is 5.58 Å². The highest BCUT2D eigenvalue weighted by Gasteiger charge is 2.26.